The normalized spacial score (nSPS) is 18.6. The quantitative estimate of drug-likeness (QED) is 0.218. The molecular formula is C36H46N2O5. The zero-order valence-electron chi connectivity index (χ0n) is 25.2. The molecule has 1 aliphatic heterocycles. The Balaban J connectivity index is 1.40. The summed E-state index contributed by atoms with van der Waals surface area (Å²) in [6, 6.07) is 17.5. The minimum atomic E-state index is -0.650. The molecule has 0 radical (unpaired) electrons. The van der Waals surface area contributed by atoms with Crippen molar-refractivity contribution >= 4 is 17.8 Å². The number of ether oxygens (including phenoxy) is 1. The van der Waals surface area contributed by atoms with Crippen LogP contribution in [0, 0.1) is 11.8 Å². The van der Waals surface area contributed by atoms with Crippen LogP contribution in [-0.4, -0.2) is 52.6 Å². The first-order valence-corrected chi connectivity index (χ1v) is 15.6. The zero-order valence-corrected chi connectivity index (χ0v) is 25.2. The fraction of sp³-hybridized carbons (Fsp3) is 0.472. The maximum atomic E-state index is 13.7. The lowest BCUT2D eigenvalue weighted by Crippen LogP contribution is -2.53. The third-order valence-corrected chi connectivity index (χ3v) is 8.95. The number of aliphatic hydroxyl groups excluding tert-OH is 1. The third-order valence-electron chi connectivity index (χ3n) is 8.95. The fourth-order valence-electron chi connectivity index (χ4n) is 6.42. The van der Waals surface area contributed by atoms with E-state index in [1.807, 2.05) is 60.7 Å². The van der Waals surface area contributed by atoms with Crippen LogP contribution in [-0.2, 0) is 38.5 Å². The van der Waals surface area contributed by atoms with Crippen LogP contribution >= 0.6 is 0 Å². The van der Waals surface area contributed by atoms with Crippen molar-refractivity contribution in [3.05, 3.63) is 96.6 Å². The van der Waals surface area contributed by atoms with Gasteiger partial charge >= 0.3 is 5.97 Å². The lowest BCUT2D eigenvalue weighted by atomic mass is 9.91. The van der Waals surface area contributed by atoms with Gasteiger partial charge in [0.05, 0.1) is 30.0 Å². The van der Waals surface area contributed by atoms with Gasteiger partial charge in [-0.3, -0.25) is 14.4 Å². The Morgan fingerprint density at radius 3 is 2.37 bits per heavy atom. The van der Waals surface area contributed by atoms with E-state index in [0.717, 1.165) is 29.5 Å². The van der Waals surface area contributed by atoms with Gasteiger partial charge in [-0.05, 0) is 61.6 Å². The molecular weight excluding hydrogens is 540 g/mol. The van der Waals surface area contributed by atoms with Crippen LogP contribution in [0.3, 0.4) is 0 Å². The average molecular weight is 587 g/mol. The number of nitrogens with one attached hydrogen (secondary N) is 1. The summed E-state index contributed by atoms with van der Waals surface area (Å²) in [7, 11) is 0. The van der Waals surface area contributed by atoms with Crippen LogP contribution in [0.25, 0.3) is 0 Å². The van der Waals surface area contributed by atoms with E-state index < -0.39 is 11.5 Å². The largest absolute Gasteiger partial charge is 0.463 e. The monoisotopic (exact) mass is 586 g/mol. The number of nitrogens with zero attached hydrogens (tertiary/aromatic N) is 1. The standard InChI is InChI=1S/C36H46N2O5/c1-3-5-16-30(21-27-14-7-6-8-15-27)35(42)43-26-36(19-11-12-20-36)37-34(41)29(13-4-2)23-33(40)38-24-31-18-10-9-17-28(31)22-32(38)25-39/h3-4,6-10,14-15,17-18,29-30,32,39H,1-2,5,11-13,16,19-26H2,(H,37,41)/t29-,30-,32+/m1/s1. The summed E-state index contributed by atoms with van der Waals surface area (Å²) >= 11 is 0. The predicted molar refractivity (Wildman–Crippen MR) is 168 cm³/mol. The van der Waals surface area contributed by atoms with Crippen LogP contribution in [0.1, 0.15) is 68.1 Å². The molecule has 3 atom stereocenters. The summed E-state index contributed by atoms with van der Waals surface area (Å²) < 4.78 is 5.93. The Morgan fingerprint density at radius 2 is 1.70 bits per heavy atom. The van der Waals surface area contributed by atoms with Crippen molar-refractivity contribution in [1.82, 2.24) is 10.2 Å². The average Bonchev–Trinajstić information content (AvgIpc) is 3.49. The Kier molecular flexibility index (Phi) is 11.7. The molecule has 0 saturated heterocycles. The maximum absolute atomic E-state index is 13.7. The highest BCUT2D eigenvalue weighted by molar-refractivity contribution is 5.86. The number of allylic oxidation sites excluding steroid dienone is 2. The van der Waals surface area contributed by atoms with Crippen molar-refractivity contribution < 1.29 is 24.2 Å². The third kappa shape index (κ3) is 8.66. The molecule has 0 aromatic heterocycles. The van der Waals surface area contributed by atoms with Crippen molar-refractivity contribution in [2.45, 2.75) is 82.3 Å². The molecule has 1 aliphatic carbocycles. The Labute approximate surface area is 256 Å². The van der Waals surface area contributed by atoms with E-state index >= 15 is 0 Å². The Morgan fingerprint density at radius 1 is 1.00 bits per heavy atom. The first kappa shape index (κ1) is 32.2. The van der Waals surface area contributed by atoms with Gasteiger partial charge in [0.2, 0.25) is 11.8 Å². The highest BCUT2D eigenvalue weighted by atomic mass is 16.5. The summed E-state index contributed by atoms with van der Waals surface area (Å²) in [5.41, 5.74) is 2.63. The van der Waals surface area contributed by atoms with Crippen molar-refractivity contribution in [2.75, 3.05) is 13.2 Å². The first-order valence-electron chi connectivity index (χ1n) is 15.6. The minimum Gasteiger partial charge on any atom is -0.463 e. The first-order chi connectivity index (χ1) is 20.9. The number of esters is 1. The number of amides is 2. The smallest absolute Gasteiger partial charge is 0.309 e. The molecule has 230 valence electrons. The second-order valence-corrected chi connectivity index (χ2v) is 12.1. The number of benzene rings is 2. The number of hydrogen-bond donors (Lipinski definition) is 2. The van der Waals surface area contributed by atoms with Crippen molar-refractivity contribution in [3.8, 4) is 0 Å². The molecule has 4 rings (SSSR count). The number of hydrogen-bond acceptors (Lipinski definition) is 5. The summed E-state index contributed by atoms with van der Waals surface area (Å²) in [5, 5.41) is 13.3. The molecule has 2 amide bonds. The molecule has 1 saturated carbocycles. The molecule has 1 fully saturated rings. The van der Waals surface area contributed by atoms with E-state index in [2.05, 4.69) is 18.5 Å². The SMILES string of the molecule is C=CCC[C@H](Cc1ccccc1)C(=O)OCC1(NC(=O)[C@H](CC=C)CC(=O)N2Cc3ccccc3C[C@H]2CO)CCCC1. The van der Waals surface area contributed by atoms with Gasteiger partial charge < -0.3 is 20.1 Å². The number of carbonyl (C=O) groups excluding carboxylic acids is 3. The minimum absolute atomic E-state index is 0.0209. The lowest BCUT2D eigenvalue weighted by molar-refractivity contribution is -0.152. The highest BCUT2D eigenvalue weighted by Gasteiger charge is 2.40. The number of carbonyl (C=O) groups is 3. The van der Waals surface area contributed by atoms with Gasteiger partial charge in [0.25, 0.3) is 0 Å². The van der Waals surface area contributed by atoms with Gasteiger partial charge in [0, 0.05) is 13.0 Å². The van der Waals surface area contributed by atoms with E-state index in [9.17, 15) is 19.5 Å². The molecule has 0 spiro atoms. The predicted octanol–water partition coefficient (Wildman–Crippen LogP) is 5.31. The topological polar surface area (TPSA) is 95.9 Å². The van der Waals surface area contributed by atoms with Gasteiger partial charge in [-0.2, -0.15) is 0 Å². The maximum Gasteiger partial charge on any atom is 0.309 e. The van der Waals surface area contributed by atoms with Crippen LogP contribution in [0.2, 0.25) is 0 Å². The molecule has 2 N–H and O–H groups in total. The summed E-state index contributed by atoms with van der Waals surface area (Å²) in [4.78, 5) is 42.2. The molecule has 2 aliphatic rings. The Bertz CT molecular complexity index is 1250. The van der Waals surface area contributed by atoms with E-state index in [1.54, 1.807) is 11.0 Å². The van der Waals surface area contributed by atoms with Gasteiger partial charge in [-0.15, -0.1) is 13.2 Å². The van der Waals surface area contributed by atoms with Gasteiger partial charge in [0.15, 0.2) is 0 Å². The number of aliphatic hydroxyl groups is 1. The second kappa shape index (κ2) is 15.7. The van der Waals surface area contributed by atoms with E-state index in [1.165, 1.54) is 0 Å². The highest BCUT2D eigenvalue weighted by Crippen LogP contribution is 2.32. The summed E-state index contributed by atoms with van der Waals surface area (Å²) in [5.74, 6) is -1.54. The molecule has 0 unspecified atom stereocenters. The molecule has 7 heteroatoms. The van der Waals surface area contributed by atoms with Crippen LogP contribution in [0.15, 0.2) is 79.9 Å². The number of rotatable bonds is 15. The molecule has 7 nitrogen and oxygen atoms in total. The van der Waals surface area contributed by atoms with Crippen LogP contribution in [0.4, 0.5) is 0 Å². The number of fused-ring (bicyclic) bond motifs is 1. The van der Waals surface area contributed by atoms with E-state index in [-0.39, 0.29) is 49.4 Å². The van der Waals surface area contributed by atoms with E-state index in [4.69, 9.17) is 4.74 Å². The fourth-order valence-corrected chi connectivity index (χ4v) is 6.42. The van der Waals surface area contributed by atoms with Gasteiger partial charge in [0.1, 0.15) is 6.61 Å². The van der Waals surface area contributed by atoms with Crippen molar-refractivity contribution in [2.24, 2.45) is 11.8 Å². The lowest BCUT2D eigenvalue weighted by Gasteiger charge is -2.37. The van der Waals surface area contributed by atoms with Gasteiger partial charge in [-0.1, -0.05) is 79.6 Å². The molecule has 2 aromatic carbocycles. The van der Waals surface area contributed by atoms with Gasteiger partial charge in [-0.25, -0.2) is 0 Å². The Hall–Kier alpha value is -3.71. The zero-order chi connectivity index (χ0) is 30.7. The second-order valence-electron chi connectivity index (χ2n) is 12.1. The molecule has 1 heterocycles. The molecule has 2 aromatic rings. The molecule has 43 heavy (non-hydrogen) atoms. The van der Waals surface area contributed by atoms with Crippen LogP contribution in [0.5, 0.6) is 0 Å². The molecule has 0 bridgehead atoms. The summed E-state index contributed by atoms with van der Waals surface area (Å²) in [6.07, 6.45) is 9.68. The summed E-state index contributed by atoms with van der Waals surface area (Å²) in [6.45, 7) is 8.03. The van der Waals surface area contributed by atoms with Crippen LogP contribution < -0.4 is 5.32 Å². The van der Waals surface area contributed by atoms with E-state index in [0.29, 0.717) is 51.5 Å². The van der Waals surface area contributed by atoms with Crippen molar-refractivity contribution in [3.63, 3.8) is 0 Å². The van der Waals surface area contributed by atoms with Crippen molar-refractivity contribution in [1.29, 1.82) is 0 Å².